The Morgan fingerprint density at radius 3 is 2.55 bits per heavy atom. The Hall–Kier alpha value is -0.600. The van der Waals surface area contributed by atoms with Gasteiger partial charge in [0.05, 0.1) is 0 Å². The van der Waals surface area contributed by atoms with Crippen molar-refractivity contribution in [1.29, 1.82) is 0 Å². The lowest BCUT2D eigenvalue weighted by atomic mass is 9.45. The van der Waals surface area contributed by atoms with Gasteiger partial charge in [0.1, 0.15) is 0 Å². The number of hydrogen-bond donors (Lipinski definition) is 0. The van der Waals surface area contributed by atoms with E-state index in [1.54, 1.807) is 0 Å². The summed E-state index contributed by atoms with van der Waals surface area (Å²) in [6.45, 7) is 5.06. The van der Waals surface area contributed by atoms with E-state index in [-0.39, 0.29) is 11.0 Å². The Morgan fingerprint density at radius 2 is 1.77 bits per heavy atom. The molecule has 0 saturated heterocycles. The standard InChI is InChI=1S/C19H31NO2/c1-18-9-3-4-16(18)15-6-5-13-12-14(20(21)22)7-11-19(13,2)17(15)8-10-18/h13-17H,3-12H2,1-2H3. The average molecular weight is 305 g/mol. The molecule has 0 aromatic carbocycles. The molecule has 4 aliphatic rings. The topological polar surface area (TPSA) is 43.1 Å². The molecule has 0 radical (unpaired) electrons. The second-order valence-corrected chi connectivity index (χ2v) is 9.46. The van der Waals surface area contributed by atoms with E-state index in [2.05, 4.69) is 13.8 Å². The van der Waals surface area contributed by atoms with Crippen molar-refractivity contribution in [2.45, 2.75) is 84.1 Å². The van der Waals surface area contributed by atoms with E-state index in [1.807, 2.05) is 0 Å². The summed E-state index contributed by atoms with van der Waals surface area (Å²) in [6.07, 6.45) is 12.6. The average Bonchev–Trinajstić information content (AvgIpc) is 2.88. The van der Waals surface area contributed by atoms with Crippen LogP contribution in [-0.4, -0.2) is 11.0 Å². The van der Waals surface area contributed by atoms with Crippen LogP contribution in [0.3, 0.4) is 0 Å². The molecular weight excluding hydrogens is 274 g/mol. The van der Waals surface area contributed by atoms with Crippen LogP contribution in [0.2, 0.25) is 0 Å². The third kappa shape index (κ3) is 1.99. The molecule has 4 fully saturated rings. The summed E-state index contributed by atoms with van der Waals surface area (Å²) >= 11 is 0. The summed E-state index contributed by atoms with van der Waals surface area (Å²) in [5.74, 6) is 3.35. The van der Waals surface area contributed by atoms with Crippen molar-refractivity contribution in [3.63, 3.8) is 0 Å². The van der Waals surface area contributed by atoms with E-state index in [0.717, 1.165) is 37.0 Å². The lowest BCUT2D eigenvalue weighted by molar-refractivity contribution is -0.531. The minimum Gasteiger partial charge on any atom is -0.264 e. The van der Waals surface area contributed by atoms with Crippen LogP contribution in [0.5, 0.6) is 0 Å². The maximum absolute atomic E-state index is 11.2. The molecule has 4 saturated carbocycles. The Morgan fingerprint density at radius 1 is 0.955 bits per heavy atom. The molecule has 4 rings (SSSR count). The minimum atomic E-state index is -0.255. The zero-order valence-corrected chi connectivity index (χ0v) is 14.2. The van der Waals surface area contributed by atoms with Crippen molar-refractivity contribution < 1.29 is 4.92 Å². The Bertz CT molecular complexity index is 478. The number of nitrogens with zero attached hydrogens (tertiary/aromatic N) is 1. The summed E-state index contributed by atoms with van der Waals surface area (Å²) in [7, 11) is 0. The molecule has 0 aromatic heterocycles. The van der Waals surface area contributed by atoms with Gasteiger partial charge in [0.25, 0.3) is 0 Å². The molecule has 0 bridgehead atoms. The molecule has 0 N–H and O–H groups in total. The van der Waals surface area contributed by atoms with Crippen LogP contribution in [0.15, 0.2) is 0 Å². The summed E-state index contributed by atoms with van der Waals surface area (Å²) < 4.78 is 0. The van der Waals surface area contributed by atoms with Crippen LogP contribution in [0.4, 0.5) is 0 Å². The second-order valence-electron chi connectivity index (χ2n) is 9.46. The molecule has 3 nitrogen and oxygen atoms in total. The maximum Gasteiger partial charge on any atom is 0.213 e. The first-order valence-electron chi connectivity index (χ1n) is 9.57. The summed E-state index contributed by atoms with van der Waals surface area (Å²) in [5.41, 5.74) is 1.03. The summed E-state index contributed by atoms with van der Waals surface area (Å²) in [4.78, 5) is 11.2. The van der Waals surface area contributed by atoms with Crippen molar-refractivity contribution in [3.8, 4) is 0 Å². The number of hydrogen-bond acceptors (Lipinski definition) is 2. The van der Waals surface area contributed by atoms with Gasteiger partial charge in [-0.1, -0.05) is 20.3 Å². The lowest BCUT2D eigenvalue weighted by Crippen LogP contribution is -2.53. The zero-order valence-electron chi connectivity index (χ0n) is 14.2. The van der Waals surface area contributed by atoms with Gasteiger partial charge in [-0.25, -0.2) is 0 Å². The molecular formula is C19H31NO2. The predicted octanol–water partition coefficient (Wildman–Crippen LogP) is 5.06. The highest BCUT2D eigenvalue weighted by molar-refractivity contribution is 5.07. The van der Waals surface area contributed by atoms with Crippen molar-refractivity contribution >= 4 is 0 Å². The highest BCUT2D eigenvalue weighted by Crippen LogP contribution is 2.66. The smallest absolute Gasteiger partial charge is 0.213 e. The molecule has 22 heavy (non-hydrogen) atoms. The third-order valence-electron chi connectivity index (χ3n) is 8.72. The van der Waals surface area contributed by atoms with Gasteiger partial charge in [-0.2, -0.15) is 0 Å². The first kappa shape index (κ1) is 15.0. The van der Waals surface area contributed by atoms with Crippen LogP contribution >= 0.6 is 0 Å². The first-order valence-corrected chi connectivity index (χ1v) is 9.57. The summed E-state index contributed by atoms with van der Waals surface area (Å²) in [6, 6.07) is -0.255. The SMILES string of the molecule is CC12CCCC1C1CCC3CC([N+](=O)[O-])CCC3(C)C1CC2. The van der Waals surface area contributed by atoms with Crippen molar-refractivity contribution in [2.75, 3.05) is 0 Å². The van der Waals surface area contributed by atoms with Gasteiger partial charge in [-0.05, 0) is 79.4 Å². The van der Waals surface area contributed by atoms with Gasteiger partial charge < -0.3 is 0 Å². The van der Waals surface area contributed by atoms with Gasteiger partial charge in [0, 0.05) is 17.8 Å². The Kier molecular flexibility index (Phi) is 3.36. The quantitative estimate of drug-likeness (QED) is 0.501. The monoisotopic (exact) mass is 305 g/mol. The van der Waals surface area contributed by atoms with E-state index in [1.165, 1.54) is 44.9 Å². The van der Waals surface area contributed by atoms with Gasteiger partial charge >= 0.3 is 0 Å². The molecule has 0 aromatic rings. The number of rotatable bonds is 1. The normalized spacial score (nSPS) is 54.2. The van der Waals surface area contributed by atoms with E-state index in [4.69, 9.17) is 0 Å². The molecule has 124 valence electrons. The van der Waals surface area contributed by atoms with Crippen LogP contribution in [0.25, 0.3) is 0 Å². The maximum atomic E-state index is 11.2. The molecule has 0 amide bonds. The van der Waals surface area contributed by atoms with Crippen molar-refractivity contribution in [3.05, 3.63) is 10.1 Å². The molecule has 0 spiro atoms. The third-order valence-corrected chi connectivity index (χ3v) is 8.72. The van der Waals surface area contributed by atoms with Crippen molar-refractivity contribution in [1.82, 2.24) is 0 Å². The Balaban J connectivity index is 1.58. The predicted molar refractivity (Wildman–Crippen MR) is 87.1 cm³/mol. The van der Waals surface area contributed by atoms with Crippen LogP contribution in [0, 0.1) is 44.6 Å². The number of nitro groups is 1. The highest BCUT2D eigenvalue weighted by Gasteiger charge is 2.58. The molecule has 7 atom stereocenters. The van der Waals surface area contributed by atoms with E-state index in [9.17, 15) is 10.1 Å². The molecule has 0 heterocycles. The molecule has 3 heteroatoms. The zero-order chi connectivity index (χ0) is 15.5. The first-order chi connectivity index (χ1) is 10.4. The van der Waals surface area contributed by atoms with Gasteiger partial charge in [0.2, 0.25) is 6.04 Å². The number of fused-ring (bicyclic) bond motifs is 5. The Labute approximate surface area is 134 Å². The molecule has 0 aliphatic heterocycles. The minimum absolute atomic E-state index is 0.000573. The van der Waals surface area contributed by atoms with Gasteiger partial charge in [0.15, 0.2) is 0 Å². The fourth-order valence-electron chi connectivity index (χ4n) is 7.42. The van der Waals surface area contributed by atoms with E-state index >= 15 is 0 Å². The van der Waals surface area contributed by atoms with Gasteiger partial charge in [-0.3, -0.25) is 10.1 Å². The fraction of sp³-hybridized carbons (Fsp3) is 1.00. The molecule has 7 unspecified atom stereocenters. The van der Waals surface area contributed by atoms with Crippen molar-refractivity contribution in [2.24, 2.45) is 34.5 Å². The summed E-state index contributed by atoms with van der Waals surface area (Å²) in [5, 5.41) is 11.2. The molecule has 4 aliphatic carbocycles. The van der Waals surface area contributed by atoms with Crippen LogP contribution in [-0.2, 0) is 0 Å². The van der Waals surface area contributed by atoms with Crippen LogP contribution < -0.4 is 0 Å². The largest absolute Gasteiger partial charge is 0.264 e. The lowest BCUT2D eigenvalue weighted by Gasteiger charge is -2.60. The fourth-order valence-corrected chi connectivity index (χ4v) is 7.42. The highest BCUT2D eigenvalue weighted by atomic mass is 16.6. The second kappa shape index (κ2) is 4.95. The van der Waals surface area contributed by atoms with E-state index in [0.29, 0.717) is 16.7 Å². The van der Waals surface area contributed by atoms with Gasteiger partial charge in [-0.15, -0.1) is 0 Å². The van der Waals surface area contributed by atoms with Crippen LogP contribution in [0.1, 0.15) is 78.1 Å². The van der Waals surface area contributed by atoms with E-state index < -0.39 is 0 Å².